The summed E-state index contributed by atoms with van der Waals surface area (Å²) in [7, 11) is 1.46. The Labute approximate surface area is 85.5 Å². The number of oxime groups is 1. The molecule has 1 N–H and O–H groups in total. The molecule has 0 saturated heterocycles. The Hall–Kier alpha value is -0.930. The van der Waals surface area contributed by atoms with Crippen LogP contribution in [0.2, 0.25) is 10.0 Å². The zero-order valence-electron chi connectivity index (χ0n) is 6.79. The Morgan fingerprint density at radius 1 is 1.38 bits per heavy atom. The highest BCUT2D eigenvalue weighted by Crippen LogP contribution is 2.32. The average molecular weight is 220 g/mol. The summed E-state index contributed by atoms with van der Waals surface area (Å²) in [6.07, 6.45) is 1.17. The molecule has 0 radical (unpaired) electrons. The van der Waals surface area contributed by atoms with E-state index in [9.17, 15) is 0 Å². The van der Waals surface area contributed by atoms with Crippen LogP contribution in [0.1, 0.15) is 5.56 Å². The molecular formula is C8H7Cl2NO2. The minimum absolute atomic E-state index is 0.395. The van der Waals surface area contributed by atoms with Crippen molar-refractivity contribution in [1.29, 1.82) is 0 Å². The summed E-state index contributed by atoms with van der Waals surface area (Å²) >= 11 is 11.6. The van der Waals surface area contributed by atoms with E-state index in [2.05, 4.69) is 5.16 Å². The third-order valence-corrected chi connectivity index (χ3v) is 2.11. The van der Waals surface area contributed by atoms with Crippen molar-refractivity contribution >= 4 is 29.4 Å². The summed E-state index contributed by atoms with van der Waals surface area (Å²) in [5.74, 6) is 0.395. The van der Waals surface area contributed by atoms with Gasteiger partial charge in [0.05, 0.1) is 28.9 Å². The van der Waals surface area contributed by atoms with Crippen molar-refractivity contribution in [1.82, 2.24) is 0 Å². The van der Waals surface area contributed by atoms with E-state index in [0.717, 1.165) is 0 Å². The highest BCUT2D eigenvalue weighted by molar-refractivity contribution is 6.36. The smallest absolute Gasteiger partial charge is 0.147 e. The largest absolute Gasteiger partial charge is 0.494 e. The molecule has 0 amide bonds. The zero-order chi connectivity index (χ0) is 9.84. The Morgan fingerprint density at radius 2 is 2.00 bits per heavy atom. The van der Waals surface area contributed by atoms with Gasteiger partial charge >= 0.3 is 0 Å². The number of rotatable bonds is 2. The van der Waals surface area contributed by atoms with Gasteiger partial charge in [-0.05, 0) is 12.1 Å². The SMILES string of the molecule is COc1c(Cl)ccc(Cl)c1/C=N/O. The lowest BCUT2D eigenvalue weighted by molar-refractivity contribution is 0.321. The van der Waals surface area contributed by atoms with Crippen LogP contribution in [-0.2, 0) is 0 Å². The summed E-state index contributed by atoms with van der Waals surface area (Å²) in [5.41, 5.74) is 0.458. The van der Waals surface area contributed by atoms with Crippen LogP contribution < -0.4 is 4.74 Å². The van der Waals surface area contributed by atoms with E-state index in [1.165, 1.54) is 13.3 Å². The first-order valence-electron chi connectivity index (χ1n) is 3.40. The standard InChI is InChI=1S/C8H7Cl2NO2/c1-13-8-5(4-11-12)6(9)2-3-7(8)10/h2-4,12H,1H3/b11-4+. The maximum Gasteiger partial charge on any atom is 0.147 e. The lowest BCUT2D eigenvalue weighted by atomic mass is 10.2. The van der Waals surface area contributed by atoms with Gasteiger partial charge in [-0.3, -0.25) is 0 Å². The van der Waals surface area contributed by atoms with E-state index in [1.807, 2.05) is 0 Å². The number of hydrogen-bond acceptors (Lipinski definition) is 3. The highest BCUT2D eigenvalue weighted by atomic mass is 35.5. The lowest BCUT2D eigenvalue weighted by Crippen LogP contribution is -1.92. The van der Waals surface area contributed by atoms with Crippen LogP contribution in [0.5, 0.6) is 5.75 Å². The van der Waals surface area contributed by atoms with Crippen LogP contribution in [0, 0.1) is 0 Å². The molecule has 1 aromatic rings. The molecule has 5 heteroatoms. The number of halogens is 2. The van der Waals surface area contributed by atoms with Crippen LogP contribution in [0.15, 0.2) is 17.3 Å². The molecule has 0 unspecified atom stereocenters. The average Bonchev–Trinajstić information content (AvgIpc) is 2.12. The summed E-state index contributed by atoms with van der Waals surface area (Å²) in [6.45, 7) is 0. The molecule has 1 rings (SSSR count). The highest BCUT2D eigenvalue weighted by Gasteiger charge is 2.09. The fourth-order valence-electron chi connectivity index (χ4n) is 0.934. The maximum absolute atomic E-state index is 8.37. The molecule has 13 heavy (non-hydrogen) atoms. The second-order valence-corrected chi connectivity index (χ2v) is 3.04. The van der Waals surface area contributed by atoms with E-state index < -0.39 is 0 Å². The van der Waals surface area contributed by atoms with E-state index in [0.29, 0.717) is 21.4 Å². The van der Waals surface area contributed by atoms with E-state index in [1.54, 1.807) is 12.1 Å². The first-order valence-corrected chi connectivity index (χ1v) is 4.15. The second-order valence-electron chi connectivity index (χ2n) is 2.22. The van der Waals surface area contributed by atoms with Crippen LogP contribution in [0.3, 0.4) is 0 Å². The first kappa shape index (κ1) is 10.2. The minimum atomic E-state index is 0.395. The zero-order valence-corrected chi connectivity index (χ0v) is 8.30. The number of nitrogens with zero attached hydrogens (tertiary/aromatic N) is 1. The van der Waals surface area contributed by atoms with Gasteiger partial charge in [-0.2, -0.15) is 0 Å². The molecule has 0 bridgehead atoms. The van der Waals surface area contributed by atoms with Gasteiger partial charge in [0.25, 0.3) is 0 Å². The van der Waals surface area contributed by atoms with Gasteiger partial charge in [0.1, 0.15) is 5.75 Å². The van der Waals surface area contributed by atoms with Gasteiger partial charge < -0.3 is 9.94 Å². The molecule has 0 aliphatic rings. The fourth-order valence-corrected chi connectivity index (χ4v) is 1.37. The molecule has 70 valence electrons. The van der Waals surface area contributed by atoms with Crippen LogP contribution >= 0.6 is 23.2 Å². The lowest BCUT2D eigenvalue weighted by Gasteiger charge is -2.07. The van der Waals surface area contributed by atoms with Crippen LogP contribution in [0.4, 0.5) is 0 Å². The third kappa shape index (κ3) is 2.05. The number of methoxy groups -OCH3 is 1. The van der Waals surface area contributed by atoms with Crippen molar-refractivity contribution in [3.05, 3.63) is 27.7 Å². The van der Waals surface area contributed by atoms with Crippen molar-refractivity contribution in [2.75, 3.05) is 7.11 Å². The van der Waals surface area contributed by atoms with Crippen LogP contribution in [0.25, 0.3) is 0 Å². The molecule has 3 nitrogen and oxygen atoms in total. The van der Waals surface area contributed by atoms with Crippen LogP contribution in [-0.4, -0.2) is 18.5 Å². The van der Waals surface area contributed by atoms with E-state index >= 15 is 0 Å². The van der Waals surface area contributed by atoms with Crippen molar-refractivity contribution in [2.45, 2.75) is 0 Å². The van der Waals surface area contributed by atoms with Gasteiger partial charge in [-0.15, -0.1) is 0 Å². The molecule has 0 aliphatic heterocycles. The molecule has 0 spiro atoms. The van der Waals surface area contributed by atoms with Gasteiger partial charge in [0, 0.05) is 0 Å². The van der Waals surface area contributed by atoms with Crippen molar-refractivity contribution in [2.24, 2.45) is 5.16 Å². The Bertz CT molecular complexity index is 339. The van der Waals surface area contributed by atoms with Gasteiger partial charge in [-0.25, -0.2) is 0 Å². The molecule has 0 saturated carbocycles. The minimum Gasteiger partial charge on any atom is -0.494 e. The predicted octanol–water partition coefficient (Wildman–Crippen LogP) is 2.81. The molecule has 0 aliphatic carbocycles. The molecule has 0 aromatic heterocycles. The molecule has 0 heterocycles. The maximum atomic E-state index is 8.37. The van der Waals surface area contributed by atoms with Crippen molar-refractivity contribution < 1.29 is 9.94 Å². The van der Waals surface area contributed by atoms with Crippen molar-refractivity contribution in [3.63, 3.8) is 0 Å². The summed E-state index contributed by atoms with van der Waals surface area (Å²) in [4.78, 5) is 0. The quantitative estimate of drug-likeness (QED) is 0.473. The van der Waals surface area contributed by atoms with E-state index in [4.69, 9.17) is 33.1 Å². The molecule has 1 aromatic carbocycles. The number of ether oxygens (including phenoxy) is 1. The predicted molar refractivity (Wildman–Crippen MR) is 52.4 cm³/mol. The summed E-state index contributed by atoms with van der Waals surface area (Å²) in [6, 6.07) is 3.21. The number of benzene rings is 1. The topological polar surface area (TPSA) is 41.8 Å². The normalized spacial score (nSPS) is 10.7. The summed E-state index contributed by atoms with van der Waals surface area (Å²) < 4.78 is 4.99. The van der Waals surface area contributed by atoms with Crippen molar-refractivity contribution in [3.8, 4) is 5.75 Å². The molecule has 0 fully saturated rings. The summed E-state index contributed by atoms with van der Waals surface area (Å²) in [5, 5.41) is 12.1. The number of hydrogen-bond donors (Lipinski definition) is 1. The van der Waals surface area contributed by atoms with Gasteiger partial charge in [0.2, 0.25) is 0 Å². The fraction of sp³-hybridized carbons (Fsp3) is 0.125. The molecule has 0 atom stereocenters. The molecular weight excluding hydrogens is 213 g/mol. The Morgan fingerprint density at radius 3 is 2.54 bits per heavy atom. The van der Waals surface area contributed by atoms with E-state index in [-0.39, 0.29) is 0 Å². The Kier molecular flexibility index (Phi) is 3.39. The van der Waals surface area contributed by atoms with Gasteiger partial charge in [0.15, 0.2) is 0 Å². The second kappa shape index (κ2) is 4.35. The monoisotopic (exact) mass is 219 g/mol. The Balaban J connectivity index is 3.34. The third-order valence-electron chi connectivity index (χ3n) is 1.49. The van der Waals surface area contributed by atoms with Gasteiger partial charge in [-0.1, -0.05) is 28.4 Å². The first-order chi connectivity index (χ1) is 6.20.